The van der Waals surface area contributed by atoms with Gasteiger partial charge >= 0.3 is 0 Å². The molecule has 1 aliphatic rings. The number of nitrogens with one attached hydrogen (secondary N) is 2. The van der Waals surface area contributed by atoms with Crippen molar-refractivity contribution in [2.75, 3.05) is 32.1 Å². The minimum Gasteiger partial charge on any atom is -0.495 e. The number of methoxy groups -OCH3 is 1. The van der Waals surface area contributed by atoms with Gasteiger partial charge in [-0.15, -0.1) is 24.0 Å². The molecule has 1 aromatic heterocycles. The van der Waals surface area contributed by atoms with Gasteiger partial charge < -0.3 is 20.3 Å². The van der Waals surface area contributed by atoms with Crippen LogP contribution in [0.3, 0.4) is 0 Å². The molecule has 8 nitrogen and oxygen atoms in total. The number of guanidine groups is 1. The van der Waals surface area contributed by atoms with Crippen LogP contribution in [0, 0.1) is 0 Å². The fourth-order valence-corrected chi connectivity index (χ4v) is 3.24. The molecule has 1 saturated heterocycles. The lowest BCUT2D eigenvalue weighted by Gasteiger charge is -2.36. The Bertz CT molecular complexity index is 749. The van der Waals surface area contributed by atoms with E-state index in [1.807, 2.05) is 19.2 Å². The third-order valence-corrected chi connectivity index (χ3v) is 4.63. The molecule has 9 heteroatoms. The van der Waals surface area contributed by atoms with Crippen LogP contribution in [0.25, 0.3) is 0 Å². The molecule has 0 amide bonds. The van der Waals surface area contributed by atoms with E-state index < -0.39 is 0 Å². The molecule has 0 bridgehead atoms. The number of hydrogen-bond acceptors (Lipinski definition) is 5. The number of rotatable bonds is 5. The summed E-state index contributed by atoms with van der Waals surface area (Å²) in [5, 5.41) is 10.9. The zero-order valence-electron chi connectivity index (χ0n) is 16.1. The Morgan fingerprint density at radius 2 is 2.19 bits per heavy atom. The number of aliphatic imine (C=N–C) groups is 1. The zero-order valence-corrected chi connectivity index (χ0v) is 18.4. The lowest BCUT2D eigenvalue weighted by molar-refractivity contribution is 0.408. The van der Waals surface area contributed by atoms with Gasteiger partial charge in [-0.2, -0.15) is 5.10 Å². The molecule has 1 aliphatic heterocycles. The van der Waals surface area contributed by atoms with Crippen molar-refractivity contribution in [1.82, 2.24) is 25.4 Å². The molecule has 0 aliphatic carbocycles. The molecule has 1 atom stereocenters. The maximum atomic E-state index is 5.51. The van der Waals surface area contributed by atoms with Crippen LogP contribution in [0.4, 0.5) is 5.69 Å². The molecule has 2 aromatic rings. The zero-order chi connectivity index (χ0) is 18.4. The van der Waals surface area contributed by atoms with Crippen molar-refractivity contribution in [1.29, 1.82) is 0 Å². The molecule has 2 heterocycles. The van der Waals surface area contributed by atoms with E-state index in [-0.39, 0.29) is 24.0 Å². The van der Waals surface area contributed by atoms with Crippen molar-refractivity contribution in [3.8, 4) is 5.75 Å². The Hall–Kier alpha value is -2.04. The summed E-state index contributed by atoms with van der Waals surface area (Å²) < 4.78 is 7.27. The summed E-state index contributed by atoms with van der Waals surface area (Å²) in [6.07, 6.45) is 3.78. The number of aryl methyl sites for hydroxylation is 1. The van der Waals surface area contributed by atoms with Gasteiger partial charge in [0.15, 0.2) is 5.96 Å². The predicted octanol–water partition coefficient (Wildman–Crippen LogP) is 1.78. The van der Waals surface area contributed by atoms with Crippen molar-refractivity contribution in [2.24, 2.45) is 12.0 Å². The van der Waals surface area contributed by atoms with Gasteiger partial charge in [-0.1, -0.05) is 12.1 Å². The number of para-hydroxylation sites is 2. The smallest absolute Gasteiger partial charge is 0.191 e. The second-order valence-corrected chi connectivity index (χ2v) is 6.33. The first kappa shape index (κ1) is 21.3. The van der Waals surface area contributed by atoms with Crippen molar-refractivity contribution < 1.29 is 4.74 Å². The standard InChI is InChI=1S/C18H27N7O.HI/c1-19-18(20-11-17-21-13-22-24(17)2)23-14-7-6-10-25(12-14)15-8-4-5-9-16(15)26-3;/h4-5,8-9,13-14H,6-7,10-12H2,1-3H3,(H2,19,20,23);1H. The van der Waals surface area contributed by atoms with Crippen LogP contribution in [0.2, 0.25) is 0 Å². The predicted molar refractivity (Wildman–Crippen MR) is 118 cm³/mol. The van der Waals surface area contributed by atoms with Gasteiger partial charge in [-0.3, -0.25) is 9.67 Å². The third-order valence-electron chi connectivity index (χ3n) is 4.63. The lowest BCUT2D eigenvalue weighted by atomic mass is 10.0. The molecule has 0 radical (unpaired) electrons. The fourth-order valence-electron chi connectivity index (χ4n) is 3.24. The molecule has 1 unspecified atom stereocenters. The van der Waals surface area contributed by atoms with Crippen LogP contribution >= 0.6 is 24.0 Å². The van der Waals surface area contributed by atoms with Gasteiger partial charge in [-0.05, 0) is 25.0 Å². The number of halogens is 1. The monoisotopic (exact) mass is 485 g/mol. The summed E-state index contributed by atoms with van der Waals surface area (Å²) in [7, 11) is 5.38. The molecular weight excluding hydrogens is 457 g/mol. The van der Waals surface area contributed by atoms with E-state index in [9.17, 15) is 0 Å². The first-order valence-electron chi connectivity index (χ1n) is 8.89. The van der Waals surface area contributed by atoms with Crippen LogP contribution in [0.1, 0.15) is 18.7 Å². The van der Waals surface area contributed by atoms with Crippen LogP contribution in [0.15, 0.2) is 35.6 Å². The normalized spacial score (nSPS) is 17.2. The molecular formula is C18H28IN7O. The van der Waals surface area contributed by atoms with Crippen molar-refractivity contribution in [2.45, 2.75) is 25.4 Å². The average Bonchev–Trinajstić information content (AvgIpc) is 3.10. The number of piperidine rings is 1. The van der Waals surface area contributed by atoms with Crippen LogP contribution < -0.4 is 20.3 Å². The molecule has 27 heavy (non-hydrogen) atoms. The summed E-state index contributed by atoms with van der Waals surface area (Å²) in [6, 6.07) is 8.49. The fraction of sp³-hybridized carbons (Fsp3) is 0.500. The van der Waals surface area contributed by atoms with E-state index in [0.29, 0.717) is 12.6 Å². The largest absolute Gasteiger partial charge is 0.495 e. The molecule has 148 valence electrons. The van der Waals surface area contributed by atoms with Crippen molar-refractivity contribution >= 4 is 35.6 Å². The molecule has 1 fully saturated rings. The van der Waals surface area contributed by atoms with Crippen LogP contribution in [-0.4, -0.2) is 54.0 Å². The Morgan fingerprint density at radius 1 is 1.37 bits per heavy atom. The topological polar surface area (TPSA) is 79.6 Å². The van der Waals surface area contributed by atoms with E-state index in [1.165, 1.54) is 0 Å². The van der Waals surface area contributed by atoms with Crippen molar-refractivity contribution in [3.63, 3.8) is 0 Å². The van der Waals surface area contributed by atoms with E-state index in [1.54, 1.807) is 25.2 Å². The first-order chi connectivity index (χ1) is 12.7. The summed E-state index contributed by atoms with van der Waals surface area (Å²) >= 11 is 0. The maximum absolute atomic E-state index is 5.51. The molecule has 3 rings (SSSR count). The summed E-state index contributed by atoms with van der Waals surface area (Å²) in [6.45, 7) is 2.52. The first-order valence-corrected chi connectivity index (χ1v) is 8.89. The number of aromatic nitrogens is 3. The second kappa shape index (κ2) is 10.3. The average molecular weight is 485 g/mol. The maximum Gasteiger partial charge on any atom is 0.191 e. The Labute approximate surface area is 177 Å². The Balaban J connectivity index is 0.00000261. The number of nitrogens with zero attached hydrogens (tertiary/aromatic N) is 5. The molecule has 2 N–H and O–H groups in total. The summed E-state index contributed by atoms with van der Waals surface area (Å²) in [5.41, 5.74) is 1.14. The van der Waals surface area contributed by atoms with E-state index in [0.717, 1.165) is 49.2 Å². The van der Waals surface area contributed by atoms with Gasteiger partial charge in [0.2, 0.25) is 0 Å². The highest BCUT2D eigenvalue weighted by molar-refractivity contribution is 14.0. The van der Waals surface area contributed by atoms with E-state index in [4.69, 9.17) is 4.74 Å². The molecule has 0 spiro atoms. The number of hydrogen-bond donors (Lipinski definition) is 2. The molecule has 1 aromatic carbocycles. The van der Waals surface area contributed by atoms with E-state index >= 15 is 0 Å². The highest BCUT2D eigenvalue weighted by Crippen LogP contribution is 2.29. The highest BCUT2D eigenvalue weighted by atomic mass is 127. The van der Waals surface area contributed by atoms with Gasteiger partial charge in [0, 0.05) is 33.2 Å². The van der Waals surface area contributed by atoms with Crippen LogP contribution in [-0.2, 0) is 13.6 Å². The van der Waals surface area contributed by atoms with Gasteiger partial charge in [0.25, 0.3) is 0 Å². The Morgan fingerprint density at radius 3 is 2.89 bits per heavy atom. The SMILES string of the molecule is CN=C(NCc1ncnn1C)NC1CCCN(c2ccccc2OC)C1.I. The van der Waals surface area contributed by atoms with Gasteiger partial charge in [0.05, 0.1) is 19.3 Å². The number of benzene rings is 1. The minimum absolute atomic E-state index is 0. The lowest BCUT2D eigenvalue weighted by Crippen LogP contribution is -2.51. The number of anilines is 1. The molecule has 0 saturated carbocycles. The van der Waals surface area contributed by atoms with Crippen molar-refractivity contribution in [3.05, 3.63) is 36.4 Å². The quantitative estimate of drug-likeness (QED) is 0.382. The van der Waals surface area contributed by atoms with Gasteiger partial charge in [0.1, 0.15) is 17.9 Å². The van der Waals surface area contributed by atoms with Crippen LogP contribution in [0.5, 0.6) is 5.75 Å². The highest BCUT2D eigenvalue weighted by Gasteiger charge is 2.22. The Kier molecular flexibility index (Phi) is 8.14. The summed E-state index contributed by atoms with van der Waals surface area (Å²) in [4.78, 5) is 10.9. The van der Waals surface area contributed by atoms with Gasteiger partial charge in [-0.25, -0.2) is 4.98 Å². The summed E-state index contributed by atoms with van der Waals surface area (Å²) in [5.74, 6) is 2.56. The number of ether oxygens (including phenoxy) is 1. The third kappa shape index (κ3) is 5.47. The second-order valence-electron chi connectivity index (χ2n) is 6.33. The van der Waals surface area contributed by atoms with E-state index in [2.05, 4.69) is 42.7 Å². The minimum atomic E-state index is 0.